The lowest BCUT2D eigenvalue weighted by Gasteiger charge is -2.34. The number of hydrogen-bond acceptors (Lipinski definition) is 4. The molecule has 7 nitrogen and oxygen atoms in total. The van der Waals surface area contributed by atoms with Gasteiger partial charge in [-0.1, -0.05) is 88.1 Å². The molecule has 2 aromatic rings. The van der Waals surface area contributed by atoms with Crippen LogP contribution in [-0.2, 0) is 26.2 Å². The number of benzene rings is 2. The van der Waals surface area contributed by atoms with Gasteiger partial charge in [0.05, 0.1) is 11.9 Å². The molecule has 8 heteroatoms. The van der Waals surface area contributed by atoms with Crippen LogP contribution in [0.4, 0.5) is 5.69 Å². The highest BCUT2D eigenvalue weighted by molar-refractivity contribution is 7.92. The molecular formula is C30H43N3O4S. The van der Waals surface area contributed by atoms with Gasteiger partial charge in [0.1, 0.15) is 12.6 Å². The molecule has 208 valence electrons. The molecule has 1 atom stereocenters. The maximum Gasteiger partial charge on any atom is 0.244 e. The van der Waals surface area contributed by atoms with Gasteiger partial charge in [0.2, 0.25) is 21.8 Å². The Morgan fingerprint density at radius 1 is 1.03 bits per heavy atom. The molecule has 0 radical (unpaired) electrons. The van der Waals surface area contributed by atoms with Crippen LogP contribution >= 0.6 is 0 Å². The Morgan fingerprint density at radius 2 is 1.71 bits per heavy atom. The number of nitrogens with one attached hydrogen (secondary N) is 1. The van der Waals surface area contributed by atoms with E-state index in [1.165, 1.54) is 10.7 Å². The van der Waals surface area contributed by atoms with Crippen LogP contribution in [0.2, 0.25) is 0 Å². The molecule has 1 saturated carbocycles. The molecule has 1 aliphatic rings. The smallest absolute Gasteiger partial charge is 0.244 e. The number of carbonyl (C=O) groups is 2. The van der Waals surface area contributed by atoms with Crippen molar-refractivity contribution in [2.24, 2.45) is 0 Å². The maximum atomic E-state index is 14.0. The van der Waals surface area contributed by atoms with Crippen LogP contribution in [0, 0.1) is 6.92 Å². The number of sulfonamides is 1. The van der Waals surface area contributed by atoms with E-state index in [0.29, 0.717) is 12.1 Å². The first kappa shape index (κ1) is 29.7. The van der Waals surface area contributed by atoms with Crippen molar-refractivity contribution >= 4 is 27.5 Å². The van der Waals surface area contributed by atoms with Crippen molar-refractivity contribution in [3.8, 4) is 0 Å². The highest BCUT2D eigenvalue weighted by Gasteiger charge is 2.33. The Bertz CT molecular complexity index is 1210. The average Bonchev–Trinajstić information content (AvgIpc) is 2.87. The summed E-state index contributed by atoms with van der Waals surface area (Å²) in [6.45, 7) is 7.71. The number of nitrogens with zero attached hydrogens (tertiary/aromatic N) is 2. The molecule has 1 unspecified atom stereocenters. The van der Waals surface area contributed by atoms with Crippen molar-refractivity contribution in [1.82, 2.24) is 10.2 Å². The molecule has 2 aromatic carbocycles. The first-order valence-corrected chi connectivity index (χ1v) is 15.6. The highest BCUT2D eigenvalue weighted by Crippen LogP contribution is 2.29. The predicted molar refractivity (Wildman–Crippen MR) is 154 cm³/mol. The van der Waals surface area contributed by atoms with Crippen molar-refractivity contribution in [2.45, 2.75) is 90.8 Å². The van der Waals surface area contributed by atoms with Gasteiger partial charge in [0.15, 0.2) is 0 Å². The molecule has 1 fully saturated rings. The molecule has 2 amide bonds. The summed E-state index contributed by atoms with van der Waals surface area (Å²) >= 11 is 0. The largest absolute Gasteiger partial charge is 0.352 e. The van der Waals surface area contributed by atoms with Gasteiger partial charge in [-0.2, -0.15) is 0 Å². The second kappa shape index (κ2) is 13.3. The standard InChI is InChI=1S/C30H43N3O4S/c1-6-27(30(35)31-25-15-8-7-9-16-25)32(20-24-14-12-13-23(4)19-24)29(34)21-33(38(5,36)37)28-18-11-10-17-26(28)22(2)3/h10-14,17-19,22,25,27H,6-9,15-16,20-21H2,1-5H3,(H,31,35). The average molecular weight is 542 g/mol. The fraction of sp³-hybridized carbons (Fsp3) is 0.533. The van der Waals surface area contributed by atoms with E-state index in [0.717, 1.165) is 48.6 Å². The van der Waals surface area contributed by atoms with Gasteiger partial charge in [-0.05, 0) is 49.3 Å². The number of hydrogen-bond donors (Lipinski definition) is 1. The van der Waals surface area contributed by atoms with Crippen molar-refractivity contribution in [2.75, 3.05) is 17.1 Å². The molecule has 0 saturated heterocycles. The summed E-state index contributed by atoms with van der Waals surface area (Å²) in [6, 6.07) is 14.5. The van der Waals surface area contributed by atoms with Gasteiger partial charge >= 0.3 is 0 Å². The van der Waals surface area contributed by atoms with Crippen molar-refractivity contribution in [3.63, 3.8) is 0 Å². The van der Waals surface area contributed by atoms with E-state index >= 15 is 0 Å². The molecule has 0 spiro atoms. The zero-order valence-electron chi connectivity index (χ0n) is 23.4. The van der Waals surface area contributed by atoms with E-state index in [2.05, 4.69) is 5.32 Å². The van der Waals surface area contributed by atoms with E-state index in [4.69, 9.17) is 0 Å². The number of anilines is 1. The minimum atomic E-state index is -3.77. The summed E-state index contributed by atoms with van der Waals surface area (Å²) in [5.74, 6) is -0.506. The van der Waals surface area contributed by atoms with Crippen LogP contribution in [0.25, 0.3) is 0 Å². The summed E-state index contributed by atoms with van der Waals surface area (Å²) in [5, 5.41) is 3.18. The number of carbonyl (C=O) groups excluding carboxylic acids is 2. The van der Waals surface area contributed by atoms with Gasteiger partial charge in [-0.15, -0.1) is 0 Å². The van der Waals surface area contributed by atoms with E-state index in [1.54, 1.807) is 17.0 Å². The lowest BCUT2D eigenvalue weighted by Crippen LogP contribution is -2.54. The first-order chi connectivity index (χ1) is 18.0. The fourth-order valence-corrected chi connectivity index (χ4v) is 6.14. The molecule has 1 aliphatic carbocycles. The second-order valence-corrected chi connectivity index (χ2v) is 12.7. The summed E-state index contributed by atoms with van der Waals surface area (Å²) in [4.78, 5) is 29.0. The Morgan fingerprint density at radius 3 is 2.32 bits per heavy atom. The monoisotopic (exact) mass is 541 g/mol. The number of aryl methyl sites for hydroxylation is 1. The van der Waals surface area contributed by atoms with E-state index < -0.39 is 22.0 Å². The van der Waals surface area contributed by atoms with E-state index in [1.807, 2.05) is 64.1 Å². The zero-order valence-corrected chi connectivity index (χ0v) is 24.3. The van der Waals surface area contributed by atoms with Crippen LogP contribution < -0.4 is 9.62 Å². The SMILES string of the molecule is CCC(C(=O)NC1CCCCC1)N(Cc1cccc(C)c1)C(=O)CN(c1ccccc1C(C)C)S(C)(=O)=O. The topological polar surface area (TPSA) is 86.8 Å². The molecule has 0 bridgehead atoms. The third-order valence-corrected chi connectivity index (χ3v) is 8.41. The van der Waals surface area contributed by atoms with Crippen LogP contribution in [0.1, 0.15) is 81.9 Å². The number of para-hydroxylation sites is 1. The Kier molecular flexibility index (Phi) is 10.4. The van der Waals surface area contributed by atoms with Crippen LogP contribution in [-0.4, -0.2) is 50.0 Å². The highest BCUT2D eigenvalue weighted by atomic mass is 32.2. The first-order valence-electron chi connectivity index (χ1n) is 13.7. The van der Waals surface area contributed by atoms with Crippen molar-refractivity contribution in [1.29, 1.82) is 0 Å². The molecular weight excluding hydrogens is 498 g/mol. The number of amides is 2. The van der Waals surface area contributed by atoms with E-state index in [9.17, 15) is 18.0 Å². The summed E-state index contributed by atoms with van der Waals surface area (Å²) in [7, 11) is -3.77. The van der Waals surface area contributed by atoms with Gasteiger partial charge in [0.25, 0.3) is 0 Å². The summed E-state index contributed by atoms with van der Waals surface area (Å²) < 4.78 is 27.1. The Labute approximate surface area is 228 Å². The Balaban J connectivity index is 1.96. The van der Waals surface area contributed by atoms with Gasteiger partial charge < -0.3 is 10.2 Å². The number of rotatable bonds is 11. The second-order valence-electron chi connectivity index (χ2n) is 10.8. The minimum Gasteiger partial charge on any atom is -0.352 e. The molecule has 0 heterocycles. The Hall–Kier alpha value is -2.87. The molecule has 1 N–H and O–H groups in total. The third kappa shape index (κ3) is 7.82. The fourth-order valence-electron chi connectivity index (χ4n) is 5.27. The summed E-state index contributed by atoms with van der Waals surface area (Å²) in [6.07, 6.45) is 6.80. The molecule has 0 aromatic heterocycles. The lowest BCUT2D eigenvalue weighted by atomic mass is 9.95. The van der Waals surface area contributed by atoms with Crippen LogP contribution in [0.3, 0.4) is 0 Å². The minimum absolute atomic E-state index is 0.0682. The third-order valence-electron chi connectivity index (χ3n) is 7.28. The van der Waals surface area contributed by atoms with Gasteiger partial charge in [0, 0.05) is 12.6 Å². The normalized spacial score (nSPS) is 15.2. The van der Waals surface area contributed by atoms with E-state index in [-0.39, 0.29) is 31.0 Å². The molecule has 0 aliphatic heterocycles. The van der Waals surface area contributed by atoms with Crippen molar-refractivity contribution in [3.05, 3.63) is 65.2 Å². The van der Waals surface area contributed by atoms with Crippen LogP contribution in [0.15, 0.2) is 48.5 Å². The van der Waals surface area contributed by atoms with Crippen LogP contribution in [0.5, 0.6) is 0 Å². The van der Waals surface area contributed by atoms with Gasteiger partial charge in [-0.3, -0.25) is 13.9 Å². The molecule has 38 heavy (non-hydrogen) atoms. The lowest BCUT2D eigenvalue weighted by molar-refractivity contribution is -0.140. The predicted octanol–water partition coefficient (Wildman–Crippen LogP) is 5.14. The van der Waals surface area contributed by atoms with Crippen molar-refractivity contribution < 1.29 is 18.0 Å². The quantitative estimate of drug-likeness (QED) is 0.427. The van der Waals surface area contributed by atoms with Gasteiger partial charge in [-0.25, -0.2) is 8.42 Å². The maximum absolute atomic E-state index is 14.0. The zero-order chi connectivity index (χ0) is 27.9. The molecule has 3 rings (SSSR count). The summed E-state index contributed by atoms with van der Waals surface area (Å²) in [5.41, 5.74) is 3.29.